The molecule has 0 unspecified atom stereocenters. The van der Waals surface area contributed by atoms with Crippen molar-refractivity contribution in [3.05, 3.63) is 53.3 Å². The molecule has 114 valence electrons. The third kappa shape index (κ3) is 2.80. The van der Waals surface area contributed by atoms with Crippen molar-refractivity contribution in [3.63, 3.8) is 0 Å². The van der Waals surface area contributed by atoms with Crippen molar-refractivity contribution < 1.29 is 0 Å². The highest BCUT2D eigenvalue weighted by atomic mass is 32.1. The van der Waals surface area contributed by atoms with Crippen LogP contribution in [0.2, 0.25) is 0 Å². The topological polar surface area (TPSA) is 63.6 Å². The fraction of sp³-hybridized carbons (Fsp3) is 0.125. The Kier molecular flexibility index (Phi) is 3.72. The van der Waals surface area contributed by atoms with Crippen LogP contribution in [0.15, 0.2) is 42.7 Å². The Morgan fingerprint density at radius 3 is 2.78 bits per heavy atom. The van der Waals surface area contributed by atoms with Gasteiger partial charge >= 0.3 is 0 Å². The number of aromatic nitrogens is 4. The zero-order chi connectivity index (χ0) is 15.6. The van der Waals surface area contributed by atoms with Gasteiger partial charge in [0.05, 0.1) is 22.5 Å². The lowest BCUT2D eigenvalue weighted by atomic mass is 10.2. The molecule has 0 fully saturated rings. The van der Waals surface area contributed by atoms with Crippen molar-refractivity contribution in [2.75, 3.05) is 5.32 Å². The molecule has 0 aliphatic heterocycles. The Balaban J connectivity index is 1.68. The molecule has 1 N–H and O–H groups in total. The highest BCUT2D eigenvalue weighted by molar-refractivity contribution is 7.21. The molecule has 0 aliphatic rings. The number of nitrogens with one attached hydrogen (secondary N) is 1. The van der Waals surface area contributed by atoms with E-state index in [9.17, 15) is 0 Å². The maximum absolute atomic E-state index is 4.40. The van der Waals surface area contributed by atoms with Crippen molar-refractivity contribution in [1.82, 2.24) is 19.6 Å². The summed E-state index contributed by atoms with van der Waals surface area (Å²) >= 11 is 3.09. The summed E-state index contributed by atoms with van der Waals surface area (Å²) < 4.78 is 3.96. The highest BCUT2D eigenvalue weighted by Gasteiger charge is 2.11. The molecule has 0 bridgehead atoms. The van der Waals surface area contributed by atoms with Gasteiger partial charge in [-0.25, -0.2) is 9.97 Å². The second-order valence-electron chi connectivity index (χ2n) is 5.05. The number of rotatable bonds is 4. The molecule has 0 spiro atoms. The number of aryl methyl sites for hydroxylation is 1. The van der Waals surface area contributed by atoms with E-state index in [1.165, 1.54) is 22.0 Å². The molecule has 3 heterocycles. The van der Waals surface area contributed by atoms with Crippen molar-refractivity contribution in [1.29, 1.82) is 0 Å². The van der Waals surface area contributed by atoms with E-state index in [1.807, 2.05) is 25.1 Å². The molecular formula is C16H13N5S2. The lowest BCUT2D eigenvalue weighted by molar-refractivity contribution is 1.04. The zero-order valence-electron chi connectivity index (χ0n) is 12.4. The van der Waals surface area contributed by atoms with Gasteiger partial charge in [0.1, 0.15) is 17.0 Å². The number of fused-ring (bicyclic) bond motifs is 1. The number of nitrogens with zero attached hydrogens (tertiary/aromatic N) is 4. The third-order valence-electron chi connectivity index (χ3n) is 3.55. The van der Waals surface area contributed by atoms with E-state index in [-0.39, 0.29) is 0 Å². The maximum Gasteiger partial charge on any atom is 0.138 e. The van der Waals surface area contributed by atoms with Gasteiger partial charge in [-0.05, 0) is 30.1 Å². The predicted molar refractivity (Wildman–Crippen MR) is 94.8 cm³/mol. The minimum atomic E-state index is 0.673. The number of benzene rings is 1. The molecule has 7 heteroatoms. The molecule has 4 aromatic rings. The van der Waals surface area contributed by atoms with Gasteiger partial charge in [0.2, 0.25) is 0 Å². The van der Waals surface area contributed by atoms with Crippen LogP contribution in [0.1, 0.15) is 10.6 Å². The van der Waals surface area contributed by atoms with Gasteiger partial charge in [-0.3, -0.25) is 0 Å². The SMILES string of the molecule is Cc1nnsc1CNc1ncnc2sc(-c3ccccc3)cc12. The summed E-state index contributed by atoms with van der Waals surface area (Å²) in [5.74, 6) is 0.848. The molecule has 4 rings (SSSR count). The van der Waals surface area contributed by atoms with E-state index < -0.39 is 0 Å². The van der Waals surface area contributed by atoms with Crippen LogP contribution < -0.4 is 5.32 Å². The minimum absolute atomic E-state index is 0.673. The Labute approximate surface area is 141 Å². The standard InChI is InChI=1S/C16H13N5S2/c1-10-14(23-21-20-10)8-17-15-12-7-13(11-5-3-2-4-6-11)22-16(12)19-9-18-15/h2-7,9H,8H2,1H3,(H,17,18,19). The third-order valence-corrected chi connectivity index (χ3v) is 5.47. The van der Waals surface area contributed by atoms with Crippen LogP contribution in [0.25, 0.3) is 20.7 Å². The van der Waals surface area contributed by atoms with Crippen LogP contribution in [0.4, 0.5) is 5.82 Å². The van der Waals surface area contributed by atoms with Gasteiger partial charge in [0.15, 0.2) is 0 Å². The summed E-state index contributed by atoms with van der Waals surface area (Å²) in [4.78, 5) is 12.1. The molecule has 0 atom stereocenters. The number of anilines is 1. The van der Waals surface area contributed by atoms with Gasteiger partial charge in [0.25, 0.3) is 0 Å². The van der Waals surface area contributed by atoms with Gasteiger partial charge in [-0.2, -0.15) is 0 Å². The number of thiophene rings is 1. The Morgan fingerprint density at radius 1 is 1.13 bits per heavy atom. The van der Waals surface area contributed by atoms with Crippen LogP contribution >= 0.6 is 22.9 Å². The molecule has 0 amide bonds. The fourth-order valence-electron chi connectivity index (χ4n) is 2.32. The van der Waals surface area contributed by atoms with Crippen LogP contribution in [-0.2, 0) is 6.54 Å². The first-order chi connectivity index (χ1) is 11.3. The Bertz CT molecular complexity index is 945. The lowest BCUT2D eigenvalue weighted by Gasteiger charge is -2.04. The van der Waals surface area contributed by atoms with Crippen molar-refractivity contribution in [2.24, 2.45) is 0 Å². The van der Waals surface area contributed by atoms with E-state index in [4.69, 9.17) is 0 Å². The molecule has 23 heavy (non-hydrogen) atoms. The molecule has 5 nitrogen and oxygen atoms in total. The fourth-order valence-corrected chi connectivity index (χ4v) is 3.89. The van der Waals surface area contributed by atoms with E-state index in [2.05, 4.69) is 43.1 Å². The summed E-state index contributed by atoms with van der Waals surface area (Å²) in [6.45, 7) is 2.64. The summed E-state index contributed by atoms with van der Waals surface area (Å²) in [6, 6.07) is 12.5. The maximum atomic E-state index is 4.40. The molecule has 0 saturated heterocycles. The average molecular weight is 339 g/mol. The van der Waals surface area contributed by atoms with Crippen LogP contribution in [0, 0.1) is 6.92 Å². The van der Waals surface area contributed by atoms with Crippen LogP contribution in [-0.4, -0.2) is 19.6 Å². The predicted octanol–water partition coefficient (Wildman–Crippen LogP) is 4.13. The normalized spacial score (nSPS) is 11.0. The van der Waals surface area contributed by atoms with Crippen molar-refractivity contribution >= 4 is 38.9 Å². The van der Waals surface area contributed by atoms with Gasteiger partial charge in [-0.1, -0.05) is 34.8 Å². The summed E-state index contributed by atoms with van der Waals surface area (Å²) in [6.07, 6.45) is 1.60. The molecular weight excluding hydrogens is 326 g/mol. The number of hydrogen-bond donors (Lipinski definition) is 1. The zero-order valence-corrected chi connectivity index (χ0v) is 14.0. The highest BCUT2D eigenvalue weighted by Crippen LogP contribution is 2.34. The van der Waals surface area contributed by atoms with Crippen molar-refractivity contribution in [3.8, 4) is 10.4 Å². The van der Waals surface area contributed by atoms with E-state index in [0.717, 1.165) is 26.6 Å². The first-order valence-electron chi connectivity index (χ1n) is 7.13. The largest absolute Gasteiger partial charge is 0.364 e. The van der Waals surface area contributed by atoms with E-state index in [1.54, 1.807) is 17.7 Å². The quantitative estimate of drug-likeness (QED) is 0.605. The average Bonchev–Trinajstić information content (AvgIpc) is 3.20. The first-order valence-corrected chi connectivity index (χ1v) is 8.72. The van der Waals surface area contributed by atoms with E-state index in [0.29, 0.717) is 6.54 Å². The van der Waals surface area contributed by atoms with Gasteiger partial charge < -0.3 is 5.32 Å². The lowest BCUT2D eigenvalue weighted by Crippen LogP contribution is -2.01. The van der Waals surface area contributed by atoms with Gasteiger partial charge in [0, 0.05) is 4.88 Å². The van der Waals surface area contributed by atoms with E-state index >= 15 is 0 Å². The Morgan fingerprint density at radius 2 is 2.00 bits per heavy atom. The minimum Gasteiger partial charge on any atom is -0.364 e. The Hall–Kier alpha value is -2.38. The van der Waals surface area contributed by atoms with Crippen LogP contribution in [0.3, 0.4) is 0 Å². The summed E-state index contributed by atoms with van der Waals surface area (Å²) in [5.41, 5.74) is 2.16. The first kappa shape index (κ1) is 14.2. The second-order valence-corrected chi connectivity index (χ2v) is 6.92. The second kappa shape index (κ2) is 6.02. The molecule has 1 aromatic carbocycles. The molecule has 3 aromatic heterocycles. The van der Waals surface area contributed by atoms with Crippen LogP contribution in [0.5, 0.6) is 0 Å². The molecule has 0 radical (unpaired) electrons. The van der Waals surface area contributed by atoms with Crippen molar-refractivity contribution in [2.45, 2.75) is 13.5 Å². The van der Waals surface area contributed by atoms with Gasteiger partial charge in [-0.15, -0.1) is 16.4 Å². The molecule has 0 saturated carbocycles. The summed E-state index contributed by atoms with van der Waals surface area (Å²) in [5, 5.41) is 8.46. The molecule has 0 aliphatic carbocycles. The smallest absolute Gasteiger partial charge is 0.138 e. The monoisotopic (exact) mass is 339 g/mol. The number of hydrogen-bond acceptors (Lipinski definition) is 7. The summed E-state index contributed by atoms with van der Waals surface area (Å²) in [7, 11) is 0.